The van der Waals surface area contributed by atoms with Crippen LogP contribution >= 0.6 is 0 Å². The van der Waals surface area contributed by atoms with Gasteiger partial charge in [0.1, 0.15) is 6.04 Å². The molecule has 7 nitrogen and oxygen atoms in total. The Morgan fingerprint density at radius 1 is 1.14 bits per heavy atom. The van der Waals surface area contributed by atoms with Crippen molar-refractivity contribution in [2.24, 2.45) is 0 Å². The minimum Gasteiger partial charge on any atom is -0.361 e. The first-order valence-corrected chi connectivity index (χ1v) is 10.4. The van der Waals surface area contributed by atoms with Crippen LogP contribution < -0.4 is 10.1 Å². The standard InChI is InChI=1S/C20H24N4O3S/c1-14-7-6-8-16(11-14)28(26,27)23-19(20(25)22-24(2)3)12-15-13-21-18-10-5-4-9-17(15)18/h4-11,13,19,21,23H,12H2,1-3H3,(H,22,25)/t19-/m0/s1. The lowest BCUT2D eigenvalue weighted by Gasteiger charge is -2.21. The van der Waals surface area contributed by atoms with E-state index in [1.54, 1.807) is 26.2 Å². The number of amides is 1. The number of aromatic amines is 1. The Labute approximate surface area is 164 Å². The van der Waals surface area contributed by atoms with E-state index < -0.39 is 22.0 Å². The Kier molecular flexibility index (Phi) is 5.83. The molecule has 8 heteroatoms. The number of benzene rings is 2. The Bertz CT molecular complexity index is 1090. The van der Waals surface area contributed by atoms with Crippen molar-refractivity contribution >= 4 is 26.8 Å². The summed E-state index contributed by atoms with van der Waals surface area (Å²) in [5.74, 6) is -0.425. The average Bonchev–Trinajstić information content (AvgIpc) is 3.03. The highest BCUT2D eigenvalue weighted by atomic mass is 32.2. The van der Waals surface area contributed by atoms with Gasteiger partial charge in [-0.05, 0) is 42.7 Å². The number of hydrogen-bond acceptors (Lipinski definition) is 4. The molecule has 3 rings (SSSR count). The lowest BCUT2D eigenvalue weighted by Crippen LogP contribution is -2.51. The molecule has 0 radical (unpaired) electrons. The quantitative estimate of drug-likeness (QED) is 0.529. The van der Waals surface area contributed by atoms with Crippen LogP contribution in [-0.4, -0.2) is 44.5 Å². The molecule has 0 unspecified atom stereocenters. The summed E-state index contributed by atoms with van der Waals surface area (Å²) in [6.45, 7) is 1.82. The number of nitrogens with one attached hydrogen (secondary N) is 3. The monoisotopic (exact) mass is 400 g/mol. The van der Waals surface area contributed by atoms with Crippen LogP contribution in [0.25, 0.3) is 10.9 Å². The van der Waals surface area contributed by atoms with E-state index in [0.717, 1.165) is 22.0 Å². The minimum absolute atomic E-state index is 0.133. The summed E-state index contributed by atoms with van der Waals surface area (Å²) in [6, 6.07) is 13.3. The first kappa shape index (κ1) is 20.1. The largest absolute Gasteiger partial charge is 0.361 e. The van der Waals surface area contributed by atoms with Crippen molar-refractivity contribution in [3.63, 3.8) is 0 Å². The van der Waals surface area contributed by atoms with Gasteiger partial charge in [-0.3, -0.25) is 10.2 Å². The predicted octanol–water partition coefficient (Wildman–Crippen LogP) is 1.96. The van der Waals surface area contributed by atoms with Crippen molar-refractivity contribution in [1.29, 1.82) is 0 Å². The Hall–Kier alpha value is -2.68. The summed E-state index contributed by atoms with van der Waals surface area (Å²) in [5.41, 5.74) is 5.27. The lowest BCUT2D eigenvalue weighted by atomic mass is 10.1. The predicted molar refractivity (Wildman–Crippen MR) is 109 cm³/mol. The molecule has 0 aliphatic rings. The third-order valence-corrected chi connectivity index (χ3v) is 5.82. The van der Waals surface area contributed by atoms with Gasteiger partial charge in [0.2, 0.25) is 10.0 Å². The fourth-order valence-corrected chi connectivity index (χ4v) is 4.34. The number of para-hydroxylation sites is 1. The molecule has 1 aromatic heterocycles. The molecule has 0 aliphatic heterocycles. The molecule has 1 heterocycles. The van der Waals surface area contributed by atoms with Gasteiger partial charge in [-0.2, -0.15) is 4.72 Å². The number of aromatic nitrogens is 1. The molecule has 1 amide bonds. The zero-order valence-corrected chi connectivity index (χ0v) is 16.9. The normalized spacial score (nSPS) is 13.0. The van der Waals surface area contributed by atoms with Crippen LogP contribution in [0, 0.1) is 6.92 Å². The number of sulfonamides is 1. The number of hydrogen-bond donors (Lipinski definition) is 3. The second-order valence-electron chi connectivity index (χ2n) is 6.92. The maximum Gasteiger partial charge on any atom is 0.252 e. The molecule has 0 fully saturated rings. The summed E-state index contributed by atoms with van der Waals surface area (Å²) in [6.07, 6.45) is 2.02. The molecule has 3 aromatic rings. The third-order valence-electron chi connectivity index (χ3n) is 4.35. The number of nitrogens with zero attached hydrogens (tertiary/aromatic N) is 1. The topological polar surface area (TPSA) is 94.3 Å². The van der Waals surface area contributed by atoms with E-state index in [1.807, 2.05) is 43.5 Å². The zero-order chi connectivity index (χ0) is 20.3. The van der Waals surface area contributed by atoms with Gasteiger partial charge in [-0.25, -0.2) is 13.4 Å². The number of rotatable bonds is 7. The van der Waals surface area contributed by atoms with Gasteiger partial charge in [0, 0.05) is 31.2 Å². The van der Waals surface area contributed by atoms with Gasteiger partial charge in [0.25, 0.3) is 5.91 Å². The van der Waals surface area contributed by atoms with E-state index in [0.29, 0.717) is 0 Å². The van der Waals surface area contributed by atoms with E-state index in [9.17, 15) is 13.2 Å². The van der Waals surface area contributed by atoms with Gasteiger partial charge in [-0.1, -0.05) is 30.3 Å². The molecule has 0 saturated heterocycles. The fraction of sp³-hybridized carbons (Fsp3) is 0.250. The molecule has 148 valence electrons. The number of hydrazine groups is 1. The molecular formula is C20H24N4O3S. The van der Waals surface area contributed by atoms with Crippen molar-refractivity contribution in [3.05, 3.63) is 65.9 Å². The molecular weight excluding hydrogens is 376 g/mol. The molecule has 0 spiro atoms. The number of carbonyl (C=O) groups excluding carboxylic acids is 1. The van der Waals surface area contributed by atoms with E-state index in [-0.39, 0.29) is 11.3 Å². The molecule has 3 N–H and O–H groups in total. The van der Waals surface area contributed by atoms with Gasteiger partial charge < -0.3 is 4.98 Å². The Morgan fingerprint density at radius 3 is 2.61 bits per heavy atom. The highest BCUT2D eigenvalue weighted by Crippen LogP contribution is 2.20. The van der Waals surface area contributed by atoms with Crippen LogP contribution in [0.15, 0.2) is 59.6 Å². The maximum absolute atomic E-state index is 12.9. The van der Waals surface area contributed by atoms with E-state index >= 15 is 0 Å². The maximum atomic E-state index is 12.9. The molecule has 0 bridgehead atoms. The van der Waals surface area contributed by atoms with Crippen LogP contribution in [0.5, 0.6) is 0 Å². The highest BCUT2D eigenvalue weighted by molar-refractivity contribution is 7.89. The van der Waals surface area contributed by atoms with Crippen molar-refractivity contribution < 1.29 is 13.2 Å². The zero-order valence-electron chi connectivity index (χ0n) is 16.1. The van der Waals surface area contributed by atoms with Crippen LogP contribution in [0.4, 0.5) is 0 Å². The van der Waals surface area contributed by atoms with Crippen LogP contribution in [-0.2, 0) is 21.2 Å². The second-order valence-corrected chi connectivity index (χ2v) is 8.64. The Balaban J connectivity index is 1.92. The van der Waals surface area contributed by atoms with E-state index in [2.05, 4.69) is 15.1 Å². The van der Waals surface area contributed by atoms with Crippen LogP contribution in [0.1, 0.15) is 11.1 Å². The van der Waals surface area contributed by atoms with Crippen LogP contribution in [0.2, 0.25) is 0 Å². The molecule has 2 aromatic carbocycles. The summed E-state index contributed by atoms with van der Waals surface area (Å²) in [4.78, 5) is 16.0. The van der Waals surface area contributed by atoms with Gasteiger partial charge in [0.15, 0.2) is 0 Å². The summed E-state index contributed by atoms with van der Waals surface area (Å²) in [7, 11) is -0.506. The average molecular weight is 401 g/mol. The van der Waals surface area contributed by atoms with Crippen molar-refractivity contribution in [3.8, 4) is 0 Å². The lowest BCUT2D eigenvalue weighted by molar-refractivity contribution is -0.126. The second kappa shape index (κ2) is 8.14. The van der Waals surface area contributed by atoms with Crippen molar-refractivity contribution in [1.82, 2.24) is 20.1 Å². The molecule has 1 atom stereocenters. The fourth-order valence-electron chi connectivity index (χ4n) is 3.04. The van der Waals surface area contributed by atoms with Crippen molar-refractivity contribution in [2.75, 3.05) is 14.1 Å². The first-order chi connectivity index (χ1) is 13.3. The molecule has 0 saturated carbocycles. The molecule has 0 aliphatic carbocycles. The molecule has 28 heavy (non-hydrogen) atoms. The summed E-state index contributed by atoms with van der Waals surface area (Å²) >= 11 is 0. The van der Waals surface area contributed by atoms with E-state index in [1.165, 1.54) is 11.1 Å². The number of carbonyl (C=O) groups is 1. The van der Waals surface area contributed by atoms with Crippen LogP contribution in [0.3, 0.4) is 0 Å². The third kappa shape index (κ3) is 4.59. The number of H-pyrrole nitrogens is 1. The van der Waals surface area contributed by atoms with Crippen molar-refractivity contribution in [2.45, 2.75) is 24.3 Å². The number of aryl methyl sites for hydroxylation is 1. The van der Waals surface area contributed by atoms with Gasteiger partial charge in [0.05, 0.1) is 4.90 Å². The SMILES string of the molecule is Cc1cccc(S(=O)(=O)N[C@@H](Cc2c[nH]c3ccccc23)C(=O)NN(C)C)c1. The minimum atomic E-state index is -3.86. The number of fused-ring (bicyclic) bond motifs is 1. The highest BCUT2D eigenvalue weighted by Gasteiger charge is 2.27. The Morgan fingerprint density at radius 2 is 1.89 bits per heavy atom. The van der Waals surface area contributed by atoms with Gasteiger partial charge in [-0.15, -0.1) is 0 Å². The van der Waals surface area contributed by atoms with E-state index in [4.69, 9.17) is 0 Å². The summed E-state index contributed by atoms with van der Waals surface area (Å²) in [5, 5.41) is 2.45. The smallest absolute Gasteiger partial charge is 0.252 e. The summed E-state index contributed by atoms with van der Waals surface area (Å²) < 4.78 is 28.3. The first-order valence-electron chi connectivity index (χ1n) is 8.88. The van der Waals surface area contributed by atoms with Gasteiger partial charge >= 0.3 is 0 Å².